The van der Waals surface area contributed by atoms with E-state index in [1.807, 2.05) is 0 Å². The summed E-state index contributed by atoms with van der Waals surface area (Å²) in [6.07, 6.45) is 2.22. The van der Waals surface area contributed by atoms with E-state index in [1.54, 1.807) is 0 Å². The van der Waals surface area contributed by atoms with Gasteiger partial charge in [-0.2, -0.15) is 10.9 Å². The van der Waals surface area contributed by atoms with E-state index in [2.05, 4.69) is 69.4 Å². The van der Waals surface area contributed by atoms with Crippen LogP contribution in [-0.4, -0.2) is 15.4 Å². The number of benzene rings is 2. The van der Waals surface area contributed by atoms with Crippen molar-refractivity contribution < 1.29 is 0 Å². The predicted molar refractivity (Wildman–Crippen MR) is 74.9 cm³/mol. The molecule has 2 heterocycles. The molecule has 0 aliphatic carbocycles. The number of aromatic nitrogens is 3. The fourth-order valence-corrected chi connectivity index (χ4v) is 4.38. The van der Waals surface area contributed by atoms with E-state index in [4.69, 9.17) is 0 Å². The number of nitrogens with zero attached hydrogens (tertiary/aromatic N) is 2. The van der Waals surface area contributed by atoms with Crippen LogP contribution in [0.3, 0.4) is 0 Å². The molecule has 0 saturated carbocycles. The number of thiol groups is 1. The molecule has 4 heteroatoms. The highest BCUT2D eigenvalue weighted by molar-refractivity contribution is 8.20. The zero-order valence-corrected chi connectivity index (χ0v) is 10.4. The zero-order valence-electron chi connectivity index (χ0n) is 9.54. The highest BCUT2D eigenvalue weighted by Crippen LogP contribution is 2.52. The Bertz CT molecular complexity index is 760. The van der Waals surface area contributed by atoms with Gasteiger partial charge in [-0.05, 0) is 46.2 Å². The lowest BCUT2D eigenvalue weighted by Crippen LogP contribution is -1.82. The minimum atomic E-state index is -0.373. The molecule has 1 atom stereocenters. The summed E-state index contributed by atoms with van der Waals surface area (Å²) in [5.74, 6) is 0. The fraction of sp³-hybridized carbons (Fsp3) is 0. The number of hydrogen-bond acceptors (Lipinski definition) is 2. The summed E-state index contributed by atoms with van der Waals surface area (Å²) in [6.45, 7) is 0. The third-order valence-corrected chi connectivity index (χ3v) is 5.40. The molecule has 18 heavy (non-hydrogen) atoms. The molecule has 2 aromatic carbocycles. The van der Waals surface area contributed by atoms with Gasteiger partial charge in [0.2, 0.25) is 0 Å². The van der Waals surface area contributed by atoms with Crippen molar-refractivity contribution in [2.45, 2.75) is 9.79 Å². The average Bonchev–Trinajstić information content (AvgIpc) is 3.04. The third-order valence-electron chi connectivity index (χ3n) is 3.19. The number of fused-ring (bicyclic) bond motifs is 2. The Hall–Kier alpha value is -2.07. The summed E-state index contributed by atoms with van der Waals surface area (Å²) in [4.78, 5) is 2.75. The SMILES string of the molecule is C1=C[SH](c2ccc3[nH]nnc3c2)c2ccccc21. The highest BCUT2D eigenvalue weighted by atomic mass is 32.2. The van der Waals surface area contributed by atoms with E-state index in [1.165, 1.54) is 15.4 Å². The molecule has 3 aromatic rings. The van der Waals surface area contributed by atoms with Crippen LogP contribution in [0.1, 0.15) is 5.56 Å². The second-order valence-electron chi connectivity index (χ2n) is 4.26. The topological polar surface area (TPSA) is 41.6 Å². The minimum Gasteiger partial charge on any atom is -0.258 e. The van der Waals surface area contributed by atoms with Gasteiger partial charge < -0.3 is 0 Å². The molecule has 0 spiro atoms. The quantitative estimate of drug-likeness (QED) is 0.653. The second-order valence-corrected chi connectivity index (χ2v) is 6.29. The lowest BCUT2D eigenvalue weighted by molar-refractivity contribution is 0.959. The zero-order chi connectivity index (χ0) is 11.9. The normalized spacial score (nSPS) is 19.2. The Kier molecular flexibility index (Phi) is 2.04. The van der Waals surface area contributed by atoms with Gasteiger partial charge in [-0.1, -0.05) is 23.4 Å². The predicted octanol–water partition coefficient (Wildman–Crippen LogP) is 3.36. The molecule has 0 bridgehead atoms. The summed E-state index contributed by atoms with van der Waals surface area (Å²) in [5.41, 5.74) is 3.27. The molecule has 1 aromatic heterocycles. The first kappa shape index (κ1) is 9.91. The van der Waals surface area contributed by atoms with Crippen molar-refractivity contribution >= 4 is 28.0 Å². The van der Waals surface area contributed by atoms with Gasteiger partial charge in [-0.15, -0.1) is 5.10 Å². The number of hydrogen-bond donors (Lipinski definition) is 2. The second kappa shape index (κ2) is 3.71. The van der Waals surface area contributed by atoms with Crippen LogP contribution in [0.5, 0.6) is 0 Å². The first-order chi connectivity index (χ1) is 8.92. The van der Waals surface area contributed by atoms with Crippen LogP contribution >= 0.6 is 10.9 Å². The van der Waals surface area contributed by atoms with Crippen molar-refractivity contribution in [1.29, 1.82) is 0 Å². The van der Waals surface area contributed by atoms with Gasteiger partial charge in [0.25, 0.3) is 0 Å². The minimum absolute atomic E-state index is 0.373. The smallest absolute Gasteiger partial charge is 0.113 e. The Labute approximate surface area is 107 Å². The van der Waals surface area contributed by atoms with Crippen molar-refractivity contribution in [1.82, 2.24) is 15.4 Å². The Morgan fingerprint density at radius 2 is 2.00 bits per heavy atom. The molecule has 1 aliphatic heterocycles. The summed E-state index contributed by atoms with van der Waals surface area (Å²) in [5, 5.41) is 13.1. The van der Waals surface area contributed by atoms with Crippen molar-refractivity contribution in [2.24, 2.45) is 0 Å². The number of rotatable bonds is 1. The van der Waals surface area contributed by atoms with Crippen LogP contribution in [0.15, 0.2) is 57.7 Å². The van der Waals surface area contributed by atoms with Crippen LogP contribution in [-0.2, 0) is 0 Å². The lowest BCUT2D eigenvalue weighted by atomic mass is 10.2. The van der Waals surface area contributed by atoms with Gasteiger partial charge in [0.1, 0.15) is 5.52 Å². The van der Waals surface area contributed by atoms with E-state index in [-0.39, 0.29) is 10.9 Å². The van der Waals surface area contributed by atoms with Crippen molar-refractivity contribution in [3.8, 4) is 0 Å². The van der Waals surface area contributed by atoms with Crippen molar-refractivity contribution in [3.05, 3.63) is 53.4 Å². The first-order valence-electron chi connectivity index (χ1n) is 5.79. The Morgan fingerprint density at radius 1 is 1.06 bits per heavy atom. The van der Waals surface area contributed by atoms with Gasteiger partial charge in [0, 0.05) is 4.90 Å². The standard InChI is InChI=1S/C14H11N3S/c1-2-4-14-10(3-1)7-8-18(14)11-5-6-12-13(9-11)16-17-15-12/h1-9,18H,(H,15,16,17). The number of H-pyrrole nitrogens is 1. The van der Waals surface area contributed by atoms with E-state index in [9.17, 15) is 0 Å². The van der Waals surface area contributed by atoms with Gasteiger partial charge in [-0.25, -0.2) is 0 Å². The summed E-state index contributed by atoms with van der Waals surface area (Å²) < 4.78 is 0. The summed E-state index contributed by atoms with van der Waals surface area (Å²) >= 11 is 0. The van der Waals surface area contributed by atoms with Gasteiger partial charge in [-0.3, -0.25) is 5.10 Å². The molecule has 88 valence electrons. The monoisotopic (exact) mass is 253 g/mol. The average molecular weight is 253 g/mol. The maximum Gasteiger partial charge on any atom is 0.113 e. The van der Waals surface area contributed by atoms with Crippen LogP contribution in [0, 0.1) is 0 Å². The molecule has 4 rings (SSSR count). The Balaban J connectivity index is 1.87. The molecule has 1 aliphatic rings. The van der Waals surface area contributed by atoms with E-state index < -0.39 is 0 Å². The number of aromatic amines is 1. The van der Waals surface area contributed by atoms with E-state index in [0.717, 1.165) is 11.0 Å². The maximum atomic E-state index is 4.09. The Morgan fingerprint density at radius 3 is 3.00 bits per heavy atom. The molecular weight excluding hydrogens is 242 g/mol. The molecule has 0 radical (unpaired) electrons. The van der Waals surface area contributed by atoms with E-state index in [0.29, 0.717) is 0 Å². The van der Waals surface area contributed by atoms with Crippen LogP contribution in [0.25, 0.3) is 17.1 Å². The first-order valence-corrected chi connectivity index (χ1v) is 7.20. The fourth-order valence-electron chi connectivity index (χ4n) is 2.29. The van der Waals surface area contributed by atoms with Crippen LogP contribution in [0.2, 0.25) is 0 Å². The molecule has 3 nitrogen and oxygen atoms in total. The summed E-state index contributed by atoms with van der Waals surface area (Å²) in [6, 6.07) is 14.9. The molecule has 1 N–H and O–H groups in total. The van der Waals surface area contributed by atoms with Crippen LogP contribution < -0.4 is 0 Å². The highest BCUT2D eigenvalue weighted by Gasteiger charge is 2.15. The van der Waals surface area contributed by atoms with Gasteiger partial charge >= 0.3 is 0 Å². The molecular formula is C14H11N3S. The number of nitrogens with one attached hydrogen (secondary N) is 1. The van der Waals surface area contributed by atoms with Crippen LogP contribution in [0.4, 0.5) is 0 Å². The third kappa shape index (κ3) is 1.39. The molecule has 0 saturated heterocycles. The van der Waals surface area contributed by atoms with Crippen molar-refractivity contribution in [3.63, 3.8) is 0 Å². The maximum absolute atomic E-state index is 4.09. The summed E-state index contributed by atoms with van der Waals surface area (Å²) in [7, 11) is -0.373. The van der Waals surface area contributed by atoms with E-state index >= 15 is 0 Å². The molecule has 1 unspecified atom stereocenters. The van der Waals surface area contributed by atoms with Gasteiger partial charge in [0.05, 0.1) is 5.52 Å². The lowest BCUT2D eigenvalue weighted by Gasteiger charge is -2.15. The van der Waals surface area contributed by atoms with Gasteiger partial charge in [0.15, 0.2) is 0 Å². The van der Waals surface area contributed by atoms with Crippen molar-refractivity contribution in [2.75, 3.05) is 0 Å². The molecule has 0 fully saturated rings. The largest absolute Gasteiger partial charge is 0.258 e. The molecule has 0 amide bonds.